The fraction of sp³-hybridized carbons (Fsp3) is 0.400. The van der Waals surface area contributed by atoms with Crippen LogP contribution >= 0.6 is 31.9 Å². The summed E-state index contributed by atoms with van der Waals surface area (Å²) in [6.45, 7) is 2.09. The molecule has 0 N–H and O–H groups in total. The summed E-state index contributed by atoms with van der Waals surface area (Å²) in [5.74, 6) is 1.59. The van der Waals surface area contributed by atoms with Crippen LogP contribution in [0.3, 0.4) is 0 Å². The van der Waals surface area contributed by atoms with Gasteiger partial charge in [-0.2, -0.15) is 0 Å². The summed E-state index contributed by atoms with van der Waals surface area (Å²) in [5.41, 5.74) is 1.15. The van der Waals surface area contributed by atoms with Crippen LogP contribution in [0.2, 0.25) is 0 Å². The van der Waals surface area contributed by atoms with Crippen molar-refractivity contribution in [1.29, 1.82) is 0 Å². The standard InChI is InChI=1S/C10H12Br2O2/c1-4-6-9(11)7(13-2)5-8(14-3)10(6)12/h5H,4H2,1-3H3. The van der Waals surface area contributed by atoms with Gasteiger partial charge in [0.1, 0.15) is 11.5 Å². The van der Waals surface area contributed by atoms with Crippen LogP contribution in [0, 0.1) is 0 Å². The monoisotopic (exact) mass is 322 g/mol. The van der Waals surface area contributed by atoms with Crippen molar-refractivity contribution in [2.75, 3.05) is 14.2 Å². The molecule has 14 heavy (non-hydrogen) atoms. The lowest BCUT2D eigenvalue weighted by molar-refractivity contribution is 0.390. The van der Waals surface area contributed by atoms with Gasteiger partial charge in [-0.1, -0.05) is 6.92 Å². The third-order valence-corrected chi connectivity index (χ3v) is 3.76. The highest BCUT2D eigenvalue weighted by Crippen LogP contribution is 2.40. The smallest absolute Gasteiger partial charge is 0.137 e. The van der Waals surface area contributed by atoms with Crippen LogP contribution in [0.15, 0.2) is 15.0 Å². The van der Waals surface area contributed by atoms with Crippen molar-refractivity contribution in [3.05, 3.63) is 20.6 Å². The SMILES string of the molecule is CCc1c(Br)c(OC)cc(OC)c1Br. The molecule has 0 radical (unpaired) electrons. The fourth-order valence-corrected chi connectivity index (χ4v) is 3.02. The number of hydrogen-bond acceptors (Lipinski definition) is 2. The molecule has 0 bridgehead atoms. The zero-order chi connectivity index (χ0) is 10.7. The van der Waals surface area contributed by atoms with E-state index in [1.54, 1.807) is 14.2 Å². The number of hydrogen-bond donors (Lipinski definition) is 0. The molecule has 1 aromatic rings. The second kappa shape index (κ2) is 5.03. The van der Waals surface area contributed by atoms with Gasteiger partial charge in [-0.15, -0.1) is 0 Å². The molecule has 0 aliphatic rings. The van der Waals surface area contributed by atoms with E-state index >= 15 is 0 Å². The molecule has 1 aromatic carbocycles. The lowest BCUT2D eigenvalue weighted by Gasteiger charge is -2.13. The van der Waals surface area contributed by atoms with Crippen LogP contribution in [-0.4, -0.2) is 14.2 Å². The van der Waals surface area contributed by atoms with E-state index in [9.17, 15) is 0 Å². The molecule has 2 nitrogen and oxygen atoms in total. The largest absolute Gasteiger partial charge is 0.495 e. The molecular formula is C10H12Br2O2. The molecule has 0 atom stereocenters. The second-order valence-corrected chi connectivity index (χ2v) is 4.33. The number of methoxy groups -OCH3 is 2. The van der Waals surface area contributed by atoms with Crippen LogP contribution in [-0.2, 0) is 6.42 Å². The molecule has 0 aliphatic carbocycles. The minimum absolute atomic E-state index is 0.793. The first kappa shape index (κ1) is 11.9. The van der Waals surface area contributed by atoms with Crippen molar-refractivity contribution in [3.63, 3.8) is 0 Å². The van der Waals surface area contributed by atoms with Crippen molar-refractivity contribution >= 4 is 31.9 Å². The van der Waals surface area contributed by atoms with Crippen molar-refractivity contribution in [1.82, 2.24) is 0 Å². The molecule has 0 aliphatic heterocycles. The van der Waals surface area contributed by atoms with Gasteiger partial charge in [0.05, 0.1) is 23.2 Å². The molecule has 0 unspecified atom stereocenters. The van der Waals surface area contributed by atoms with Gasteiger partial charge < -0.3 is 9.47 Å². The molecule has 0 spiro atoms. The minimum Gasteiger partial charge on any atom is -0.495 e. The fourth-order valence-electron chi connectivity index (χ4n) is 1.25. The molecule has 78 valence electrons. The van der Waals surface area contributed by atoms with Crippen LogP contribution in [0.4, 0.5) is 0 Å². The Morgan fingerprint density at radius 3 is 1.79 bits per heavy atom. The highest BCUT2D eigenvalue weighted by molar-refractivity contribution is 9.11. The van der Waals surface area contributed by atoms with E-state index in [1.165, 1.54) is 0 Å². The highest BCUT2D eigenvalue weighted by atomic mass is 79.9. The Labute approximate surface area is 101 Å². The van der Waals surface area contributed by atoms with E-state index in [4.69, 9.17) is 9.47 Å². The molecule has 0 saturated carbocycles. The summed E-state index contributed by atoms with van der Waals surface area (Å²) in [7, 11) is 3.29. The molecule has 4 heteroatoms. The zero-order valence-corrected chi connectivity index (χ0v) is 11.5. The quantitative estimate of drug-likeness (QED) is 0.842. The number of rotatable bonds is 3. The molecular weight excluding hydrogens is 312 g/mol. The molecule has 0 heterocycles. The van der Waals surface area contributed by atoms with E-state index in [2.05, 4.69) is 38.8 Å². The summed E-state index contributed by atoms with van der Waals surface area (Å²) >= 11 is 7.01. The first-order valence-electron chi connectivity index (χ1n) is 4.24. The van der Waals surface area contributed by atoms with Crippen LogP contribution in [0.25, 0.3) is 0 Å². The van der Waals surface area contributed by atoms with E-state index in [-0.39, 0.29) is 0 Å². The number of benzene rings is 1. The molecule has 1 rings (SSSR count). The Bertz CT molecular complexity index is 309. The van der Waals surface area contributed by atoms with E-state index in [0.717, 1.165) is 32.4 Å². The maximum absolute atomic E-state index is 5.24. The molecule has 0 saturated heterocycles. The van der Waals surface area contributed by atoms with E-state index in [0.29, 0.717) is 0 Å². The average Bonchev–Trinajstić information content (AvgIpc) is 2.19. The maximum Gasteiger partial charge on any atom is 0.137 e. The van der Waals surface area contributed by atoms with E-state index < -0.39 is 0 Å². The van der Waals surface area contributed by atoms with Crippen molar-refractivity contribution in [2.24, 2.45) is 0 Å². The summed E-state index contributed by atoms with van der Waals surface area (Å²) in [4.78, 5) is 0. The Balaban J connectivity index is 3.39. The van der Waals surface area contributed by atoms with Gasteiger partial charge in [-0.25, -0.2) is 0 Å². The van der Waals surface area contributed by atoms with Gasteiger partial charge in [0.2, 0.25) is 0 Å². The lowest BCUT2D eigenvalue weighted by atomic mass is 10.1. The molecule has 0 amide bonds. The van der Waals surface area contributed by atoms with Crippen LogP contribution < -0.4 is 9.47 Å². The van der Waals surface area contributed by atoms with Crippen molar-refractivity contribution in [2.45, 2.75) is 13.3 Å². The van der Waals surface area contributed by atoms with Crippen LogP contribution in [0.5, 0.6) is 11.5 Å². The van der Waals surface area contributed by atoms with Gasteiger partial charge in [0, 0.05) is 6.07 Å². The first-order chi connectivity index (χ1) is 6.65. The number of ether oxygens (including phenoxy) is 2. The summed E-state index contributed by atoms with van der Waals surface area (Å²) in [5, 5.41) is 0. The topological polar surface area (TPSA) is 18.5 Å². The normalized spacial score (nSPS) is 10.1. The second-order valence-electron chi connectivity index (χ2n) is 2.74. The molecule has 0 aromatic heterocycles. The zero-order valence-electron chi connectivity index (χ0n) is 8.36. The Kier molecular flexibility index (Phi) is 4.26. The predicted octanol–water partition coefficient (Wildman–Crippen LogP) is 3.79. The summed E-state index contributed by atoms with van der Waals surface area (Å²) in [6.07, 6.45) is 0.911. The maximum atomic E-state index is 5.24. The minimum atomic E-state index is 0.793. The van der Waals surface area contributed by atoms with Gasteiger partial charge in [-0.3, -0.25) is 0 Å². The third-order valence-electron chi connectivity index (χ3n) is 2.02. The first-order valence-corrected chi connectivity index (χ1v) is 5.83. The predicted molar refractivity (Wildman–Crippen MR) is 64.3 cm³/mol. The highest BCUT2D eigenvalue weighted by Gasteiger charge is 2.14. The Morgan fingerprint density at radius 2 is 1.50 bits per heavy atom. The van der Waals surface area contributed by atoms with Gasteiger partial charge in [-0.05, 0) is 43.8 Å². The van der Waals surface area contributed by atoms with Gasteiger partial charge in [0.25, 0.3) is 0 Å². The summed E-state index contributed by atoms with van der Waals surface area (Å²) < 4.78 is 12.4. The van der Waals surface area contributed by atoms with Gasteiger partial charge in [0.15, 0.2) is 0 Å². The van der Waals surface area contributed by atoms with Crippen molar-refractivity contribution < 1.29 is 9.47 Å². The third kappa shape index (κ3) is 2.06. The van der Waals surface area contributed by atoms with Crippen LogP contribution in [0.1, 0.15) is 12.5 Å². The lowest BCUT2D eigenvalue weighted by Crippen LogP contribution is -1.95. The molecule has 0 fully saturated rings. The number of halogens is 2. The summed E-state index contributed by atoms with van der Waals surface area (Å²) in [6, 6.07) is 1.85. The Morgan fingerprint density at radius 1 is 1.07 bits per heavy atom. The average molecular weight is 324 g/mol. The van der Waals surface area contributed by atoms with Crippen molar-refractivity contribution in [3.8, 4) is 11.5 Å². The van der Waals surface area contributed by atoms with Gasteiger partial charge >= 0.3 is 0 Å². The van der Waals surface area contributed by atoms with E-state index in [1.807, 2.05) is 6.07 Å². The Hall–Kier alpha value is -0.220.